The highest BCUT2D eigenvalue weighted by atomic mass is 35.5. The molecule has 3 rings (SSSR count). The molecular weight excluding hydrogens is 368 g/mol. The van der Waals surface area contributed by atoms with Gasteiger partial charge in [-0.1, -0.05) is 23.7 Å². The third kappa shape index (κ3) is 4.39. The van der Waals surface area contributed by atoms with Gasteiger partial charge in [0.05, 0.1) is 0 Å². The first-order valence-corrected chi connectivity index (χ1v) is 8.34. The van der Waals surface area contributed by atoms with Gasteiger partial charge in [0.2, 0.25) is 5.91 Å². The molecular formula is C19H15ClN4O3. The first-order chi connectivity index (χ1) is 12.9. The number of nitrogens with two attached hydrogens (primary N) is 1. The molecule has 0 aliphatic heterocycles. The van der Waals surface area contributed by atoms with E-state index in [0.29, 0.717) is 22.0 Å². The van der Waals surface area contributed by atoms with Gasteiger partial charge in [0.1, 0.15) is 11.4 Å². The number of amides is 2. The number of halogens is 1. The Morgan fingerprint density at radius 3 is 2.33 bits per heavy atom. The van der Waals surface area contributed by atoms with E-state index in [2.05, 4.69) is 15.3 Å². The Morgan fingerprint density at radius 2 is 1.74 bits per heavy atom. The molecule has 0 aliphatic carbocycles. The van der Waals surface area contributed by atoms with E-state index in [1.807, 2.05) is 0 Å². The monoisotopic (exact) mass is 382 g/mol. The number of carbonyl (C=O) groups excluding carboxylic acids is 2. The molecule has 2 aromatic carbocycles. The maximum absolute atomic E-state index is 12.2. The van der Waals surface area contributed by atoms with Crippen molar-refractivity contribution < 1.29 is 9.59 Å². The van der Waals surface area contributed by atoms with Crippen molar-refractivity contribution >= 4 is 23.4 Å². The number of rotatable bonds is 5. The zero-order valence-corrected chi connectivity index (χ0v) is 14.8. The number of carbonyl (C=O) groups is 2. The summed E-state index contributed by atoms with van der Waals surface area (Å²) in [5, 5.41) is 3.21. The third-order valence-electron chi connectivity index (χ3n) is 3.85. The molecule has 136 valence electrons. The quantitative estimate of drug-likeness (QED) is 0.626. The lowest BCUT2D eigenvalue weighted by molar-refractivity contribution is 0.0947. The van der Waals surface area contributed by atoms with Gasteiger partial charge in [0, 0.05) is 28.9 Å². The number of aromatic nitrogens is 2. The zero-order chi connectivity index (χ0) is 19.4. The first-order valence-electron chi connectivity index (χ1n) is 7.96. The Hall–Kier alpha value is -3.45. The van der Waals surface area contributed by atoms with Gasteiger partial charge in [0.15, 0.2) is 0 Å². The summed E-state index contributed by atoms with van der Waals surface area (Å²) in [4.78, 5) is 42.2. The fourth-order valence-corrected chi connectivity index (χ4v) is 2.50. The second-order valence-electron chi connectivity index (χ2n) is 5.73. The van der Waals surface area contributed by atoms with Gasteiger partial charge < -0.3 is 16.0 Å². The molecule has 1 aromatic heterocycles. The van der Waals surface area contributed by atoms with Crippen LogP contribution >= 0.6 is 11.6 Å². The maximum atomic E-state index is 12.2. The predicted molar refractivity (Wildman–Crippen MR) is 101 cm³/mol. The van der Waals surface area contributed by atoms with Crippen LogP contribution < -0.4 is 16.6 Å². The fraction of sp³-hybridized carbons (Fsp3) is 0.0526. The van der Waals surface area contributed by atoms with Gasteiger partial charge >= 0.3 is 0 Å². The average Bonchev–Trinajstić information content (AvgIpc) is 2.67. The number of benzene rings is 2. The summed E-state index contributed by atoms with van der Waals surface area (Å²) in [5.41, 5.74) is 6.36. The lowest BCUT2D eigenvalue weighted by atomic mass is 10.1. The second-order valence-corrected chi connectivity index (χ2v) is 6.16. The van der Waals surface area contributed by atoms with Crippen LogP contribution in [-0.4, -0.2) is 21.8 Å². The van der Waals surface area contributed by atoms with E-state index in [-0.39, 0.29) is 12.1 Å². The second kappa shape index (κ2) is 7.84. The van der Waals surface area contributed by atoms with Crippen LogP contribution in [0, 0.1) is 0 Å². The summed E-state index contributed by atoms with van der Waals surface area (Å²) in [5.74, 6) is -0.732. The number of primary amides is 1. The van der Waals surface area contributed by atoms with Gasteiger partial charge in [-0.2, -0.15) is 0 Å². The standard InChI is InChI=1S/C19H15ClN4O3/c20-14-7-5-13(6-8-14)17-22-10-15(19(27)24-17)18(26)23-9-11-1-3-12(4-2-11)16(21)25/h1-8,10H,9H2,(H2,21,25)(H,23,26)(H,22,24,27). The largest absolute Gasteiger partial charge is 0.366 e. The molecule has 8 heteroatoms. The van der Waals surface area contributed by atoms with Crippen LogP contribution in [0.1, 0.15) is 26.3 Å². The molecule has 0 spiro atoms. The minimum absolute atomic E-state index is 0.0959. The lowest BCUT2D eigenvalue weighted by Gasteiger charge is -2.06. The van der Waals surface area contributed by atoms with Crippen LogP contribution in [0.2, 0.25) is 5.02 Å². The summed E-state index contributed by atoms with van der Waals surface area (Å²) >= 11 is 5.84. The zero-order valence-electron chi connectivity index (χ0n) is 14.0. The van der Waals surface area contributed by atoms with E-state index < -0.39 is 17.4 Å². The first kappa shape index (κ1) is 18.3. The molecule has 0 saturated carbocycles. The molecule has 0 bridgehead atoms. The minimum Gasteiger partial charge on any atom is -0.366 e. The summed E-state index contributed by atoms with van der Waals surface area (Å²) < 4.78 is 0. The molecule has 0 radical (unpaired) electrons. The van der Waals surface area contributed by atoms with E-state index in [4.69, 9.17) is 17.3 Å². The van der Waals surface area contributed by atoms with Crippen LogP contribution in [0.5, 0.6) is 0 Å². The molecule has 0 saturated heterocycles. The Labute approximate surface area is 159 Å². The molecule has 0 fully saturated rings. The minimum atomic E-state index is -0.551. The van der Waals surface area contributed by atoms with Crippen molar-refractivity contribution in [1.82, 2.24) is 15.3 Å². The molecule has 2 amide bonds. The summed E-state index contributed by atoms with van der Waals surface area (Å²) in [6, 6.07) is 13.3. The third-order valence-corrected chi connectivity index (χ3v) is 4.11. The number of H-pyrrole nitrogens is 1. The fourth-order valence-electron chi connectivity index (χ4n) is 2.38. The van der Waals surface area contributed by atoms with Crippen molar-refractivity contribution in [3.63, 3.8) is 0 Å². The van der Waals surface area contributed by atoms with Gasteiger partial charge in [-0.3, -0.25) is 14.4 Å². The van der Waals surface area contributed by atoms with Crippen molar-refractivity contribution in [2.45, 2.75) is 6.54 Å². The molecule has 0 unspecified atom stereocenters. The maximum Gasteiger partial charge on any atom is 0.264 e. The van der Waals surface area contributed by atoms with Crippen molar-refractivity contribution in [3.8, 4) is 11.4 Å². The highest BCUT2D eigenvalue weighted by molar-refractivity contribution is 6.30. The molecule has 27 heavy (non-hydrogen) atoms. The molecule has 4 N–H and O–H groups in total. The van der Waals surface area contributed by atoms with E-state index in [1.165, 1.54) is 6.20 Å². The number of aromatic amines is 1. The highest BCUT2D eigenvalue weighted by Crippen LogP contribution is 2.16. The van der Waals surface area contributed by atoms with Crippen molar-refractivity contribution in [1.29, 1.82) is 0 Å². The summed E-state index contributed by atoms with van der Waals surface area (Å²) in [6.07, 6.45) is 1.23. The normalized spacial score (nSPS) is 10.4. The van der Waals surface area contributed by atoms with Crippen molar-refractivity contribution in [3.05, 3.63) is 86.8 Å². The number of hydrogen-bond donors (Lipinski definition) is 3. The van der Waals surface area contributed by atoms with Crippen LogP contribution in [0.4, 0.5) is 0 Å². The Kier molecular flexibility index (Phi) is 5.33. The average molecular weight is 383 g/mol. The smallest absolute Gasteiger partial charge is 0.264 e. The molecule has 1 heterocycles. The van der Waals surface area contributed by atoms with Gasteiger partial charge in [0.25, 0.3) is 11.5 Å². The Balaban J connectivity index is 1.70. The highest BCUT2D eigenvalue weighted by Gasteiger charge is 2.12. The van der Waals surface area contributed by atoms with Crippen LogP contribution in [0.25, 0.3) is 11.4 Å². The van der Waals surface area contributed by atoms with E-state index >= 15 is 0 Å². The number of nitrogens with zero attached hydrogens (tertiary/aromatic N) is 1. The Bertz CT molecular complexity index is 1040. The van der Waals surface area contributed by atoms with Crippen LogP contribution in [-0.2, 0) is 6.54 Å². The molecule has 7 nitrogen and oxygen atoms in total. The number of hydrogen-bond acceptors (Lipinski definition) is 4. The van der Waals surface area contributed by atoms with Crippen LogP contribution in [0.15, 0.2) is 59.5 Å². The Morgan fingerprint density at radius 1 is 1.07 bits per heavy atom. The molecule has 0 atom stereocenters. The van der Waals surface area contributed by atoms with Crippen molar-refractivity contribution in [2.24, 2.45) is 5.73 Å². The van der Waals surface area contributed by atoms with E-state index in [9.17, 15) is 14.4 Å². The summed E-state index contributed by atoms with van der Waals surface area (Å²) in [6.45, 7) is 0.191. The SMILES string of the molecule is NC(=O)c1ccc(CNC(=O)c2cnc(-c3ccc(Cl)cc3)[nH]c2=O)cc1. The van der Waals surface area contributed by atoms with E-state index in [1.54, 1.807) is 48.5 Å². The summed E-state index contributed by atoms with van der Waals surface area (Å²) in [7, 11) is 0. The topological polar surface area (TPSA) is 118 Å². The van der Waals surface area contributed by atoms with E-state index in [0.717, 1.165) is 5.56 Å². The number of nitrogens with one attached hydrogen (secondary N) is 2. The molecule has 0 aliphatic rings. The van der Waals surface area contributed by atoms with Gasteiger partial charge in [-0.05, 0) is 42.0 Å². The molecule has 3 aromatic rings. The van der Waals surface area contributed by atoms with Crippen LogP contribution in [0.3, 0.4) is 0 Å². The van der Waals surface area contributed by atoms with Crippen molar-refractivity contribution in [2.75, 3.05) is 0 Å². The van der Waals surface area contributed by atoms with Gasteiger partial charge in [-0.25, -0.2) is 4.98 Å². The van der Waals surface area contributed by atoms with Gasteiger partial charge in [-0.15, -0.1) is 0 Å². The lowest BCUT2D eigenvalue weighted by Crippen LogP contribution is -2.29. The predicted octanol–water partition coefficient (Wildman–Crippen LogP) is 2.12.